The minimum Gasteiger partial charge on any atom is -1.00 e. The maximum atomic E-state index is 2.26. The van der Waals surface area contributed by atoms with Crippen molar-refractivity contribution in [3.05, 3.63) is 91.0 Å². The van der Waals surface area contributed by atoms with E-state index in [0.717, 1.165) is 0 Å². The van der Waals surface area contributed by atoms with Crippen molar-refractivity contribution in [2.75, 3.05) is 0 Å². The summed E-state index contributed by atoms with van der Waals surface area (Å²) in [6, 6.07) is 32.7. The molecule has 114 valence electrons. The first kappa shape index (κ1) is 24.8. The van der Waals surface area contributed by atoms with Gasteiger partial charge < -0.3 is 37.2 Å². The number of hydrogen-bond acceptors (Lipinski definition) is 0. The number of rotatable bonds is 3. The van der Waals surface area contributed by atoms with Gasteiger partial charge >= 0.3 is 31.5 Å². The molecule has 0 bridgehead atoms. The molecule has 0 unspecified atom stereocenters. The first-order valence-corrected chi connectivity index (χ1v) is 8.33. The minimum absolute atomic E-state index is 0. The van der Waals surface area contributed by atoms with Gasteiger partial charge in [0.1, 0.15) is 0 Å². The van der Waals surface area contributed by atoms with E-state index in [4.69, 9.17) is 0 Å². The van der Waals surface area contributed by atoms with Gasteiger partial charge in [-0.3, -0.25) is 0 Å². The van der Waals surface area contributed by atoms with Gasteiger partial charge in [-0.05, 0) is 0 Å². The summed E-state index contributed by atoms with van der Waals surface area (Å²) in [5.41, 5.74) is 0. The van der Waals surface area contributed by atoms with Crippen LogP contribution in [-0.4, -0.2) is 31.5 Å². The zero-order valence-electron chi connectivity index (χ0n) is 12.4. The van der Waals surface area contributed by atoms with Gasteiger partial charge in [-0.2, -0.15) is 0 Å². The topological polar surface area (TPSA) is 0 Å². The molecule has 23 heavy (non-hydrogen) atoms. The normalized spacial score (nSPS) is 8.35. The van der Waals surface area contributed by atoms with Gasteiger partial charge in [0, 0.05) is 0 Å². The minimum atomic E-state index is -1.31. The Morgan fingerprint density at radius 3 is 0.826 bits per heavy atom. The van der Waals surface area contributed by atoms with Crippen LogP contribution in [0, 0.1) is 0 Å². The van der Waals surface area contributed by atoms with Gasteiger partial charge in [-0.15, -0.1) is 0 Å². The fourth-order valence-electron chi connectivity index (χ4n) is 2.51. The smallest absolute Gasteiger partial charge is 1.00 e. The van der Waals surface area contributed by atoms with Crippen molar-refractivity contribution in [2.24, 2.45) is 0 Å². The van der Waals surface area contributed by atoms with Gasteiger partial charge in [-0.25, -0.2) is 0 Å². The van der Waals surface area contributed by atoms with Gasteiger partial charge in [0.15, 0.2) is 0 Å². The second kappa shape index (κ2) is 13.0. The third kappa shape index (κ3) is 6.54. The SMILES string of the molecule is [Al+3].[Cl-].[Cl-].[Cl-].c1cc[c]([Al]([c]2ccccc2)[c]2ccccc2)cc1. The Hall–Kier alpha value is -0.405. The predicted octanol–water partition coefficient (Wildman–Crippen LogP) is -7.17. The van der Waals surface area contributed by atoms with E-state index in [1.165, 1.54) is 13.3 Å². The van der Waals surface area contributed by atoms with E-state index < -0.39 is 14.1 Å². The summed E-state index contributed by atoms with van der Waals surface area (Å²) in [6.45, 7) is 0. The molecule has 0 radical (unpaired) electrons. The summed E-state index contributed by atoms with van der Waals surface area (Å²) in [5, 5.41) is 0. The summed E-state index contributed by atoms with van der Waals surface area (Å²) < 4.78 is 4.42. The molecule has 3 aromatic carbocycles. The molecule has 0 heterocycles. The molecule has 0 N–H and O–H groups in total. The first-order chi connectivity index (χ1) is 9.45. The van der Waals surface area contributed by atoms with E-state index in [9.17, 15) is 0 Å². The summed E-state index contributed by atoms with van der Waals surface area (Å²) in [6.07, 6.45) is 0. The monoisotopic (exact) mass is 390 g/mol. The van der Waals surface area contributed by atoms with Crippen molar-refractivity contribution in [1.29, 1.82) is 0 Å². The maximum absolute atomic E-state index is 2.26. The van der Waals surface area contributed by atoms with Crippen LogP contribution in [0.2, 0.25) is 0 Å². The summed E-state index contributed by atoms with van der Waals surface area (Å²) >= 11 is -1.31. The Morgan fingerprint density at radius 1 is 0.391 bits per heavy atom. The predicted molar refractivity (Wildman–Crippen MR) is 89.7 cm³/mol. The number of halogens is 3. The van der Waals surface area contributed by atoms with E-state index in [-0.39, 0.29) is 54.6 Å². The maximum Gasteiger partial charge on any atom is 3.00 e. The Bertz CT molecular complexity index is 540. The molecule has 0 spiro atoms. The third-order valence-corrected chi connectivity index (χ3v) is 6.55. The zero-order valence-corrected chi connectivity index (χ0v) is 17.0. The van der Waals surface area contributed by atoms with E-state index >= 15 is 0 Å². The summed E-state index contributed by atoms with van der Waals surface area (Å²) in [7, 11) is 0. The summed E-state index contributed by atoms with van der Waals surface area (Å²) in [5.74, 6) is 0. The van der Waals surface area contributed by atoms with E-state index in [1.54, 1.807) is 0 Å². The van der Waals surface area contributed by atoms with Gasteiger partial charge in [0.25, 0.3) is 0 Å². The molecule has 0 amide bonds. The molecule has 3 rings (SSSR count). The molecule has 0 aliphatic heterocycles. The van der Waals surface area contributed by atoms with Gasteiger partial charge in [-0.1, -0.05) is 104 Å². The molecule has 3 aromatic rings. The van der Waals surface area contributed by atoms with E-state index in [2.05, 4.69) is 91.0 Å². The largest absolute Gasteiger partial charge is 3.00 e. The number of benzene rings is 3. The van der Waals surface area contributed by atoms with Gasteiger partial charge in [0.2, 0.25) is 0 Å². The van der Waals surface area contributed by atoms with Crippen molar-refractivity contribution >= 4 is 44.8 Å². The van der Waals surface area contributed by atoms with Crippen LogP contribution in [0.1, 0.15) is 0 Å². The van der Waals surface area contributed by atoms with Gasteiger partial charge in [0.05, 0.1) is 0 Å². The third-order valence-electron chi connectivity index (χ3n) is 3.40. The fourth-order valence-corrected chi connectivity index (χ4v) is 5.49. The molecule has 0 atom stereocenters. The second-order valence-electron chi connectivity index (χ2n) is 4.67. The molecule has 0 aromatic heterocycles. The molecule has 0 saturated heterocycles. The zero-order chi connectivity index (χ0) is 12.9. The molecule has 0 fully saturated rings. The molecule has 0 aliphatic carbocycles. The van der Waals surface area contributed by atoms with Crippen molar-refractivity contribution in [3.63, 3.8) is 0 Å². The van der Waals surface area contributed by atoms with Crippen LogP contribution in [0.15, 0.2) is 91.0 Å². The van der Waals surface area contributed by atoms with E-state index in [0.29, 0.717) is 0 Å². The van der Waals surface area contributed by atoms with Crippen molar-refractivity contribution in [1.82, 2.24) is 0 Å². The van der Waals surface area contributed by atoms with Crippen LogP contribution in [-0.2, 0) is 0 Å². The molecule has 5 heteroatoms. The average Bonchev–Trinajstić information content (AvgIpc) is 2.51. The Balaban J connectivity index is 0. The number of hydrogen-bond donors (Lipinski definition) is 0. The van der Waals surface area contributed by atoms with Crippen LogP contribution >= 0.6 is 0 Å². The second-order valence-corrected chi connectivity index (χ2v) is 7.53. The van der Waals surface area contributed by atoms with Crippen LogP contribution in [0.5, 0.6) is 0 Å². The van der Waals surface area contributed by atoms with Crippen molar-refractivity contribution in [2.45, 2.75) is 0 Å². The van der Waals surface area contributed by atoms with E-state index in [1.807, 2.05) is 0 Å². The van der Waals surface area contributed by atoms with Crippen LogP contribution < -0.4 is 50.5 Å². The van der Waals surface area contributed by atoms with Crippen LogP contribution in [0.4, 0.5) is 0 Å². The quantitative estimate of drug-likeness (QED) is 0.389. The van der Waals surface area contributed by atoms with Crippen molar-refractivity contribution in [3.8, 4) is 0 Å². The molecular weight excluding hydrogens is 377 g/mol. The summed E-state index contributed by atoms with van der Waals surface area (Å²) in [4.78, 5) is 0. The first-order valence-electron chi connectivity index (χ1n) is 6.60. The Morgan fingerprint density at radius 2 is 0.609 bits per heavy atom. The molecule has 0 nitrogen and oxygen atoms in total. The van der Waals surface area contributed by atoms with Crippen LogP contribution in [0.25, 0.3) is 0 Å². The van der Waals surface area contributed by atoms with Crippen molar-refractivity contribution < 1.29 is 37.2 Å². The Kier molecular flexibility index (Phi) is 14.0. The Labute approximate surface area is 172 Å². The molecule has 0 saturated carbocycles. The fraction of sp³-hybridized carbons (Fsp3) is 0. The van der Waals surface area contributed by atoms with Crippen LogP contribution in [0.3, 0.4) is 0 Å². The average molecular weight is 392 g/mol. The molecular formula is C18H15Al2Cl3. The molecule has 0 aliphatic rings. The standard InChI is InChI=1S/3C6H5.2Al.3ClH/c3*1-2-4-6-5-3-1;;;;;/h3*1-5H;;;3*1H/q;;;;+3;;;/p-3.